The minimum atomic E-state index is 0.561. The maximum absolute atomic E-state index is 5.85. The number of pyridine rings is 1. The maximum atomic E-state index is 5.85. The lowest BCUT2D eigenvalue weighted by atomic mass is 10.2. The van der Waals surface area contributed by atoms with Gasteiger partial charge in [-0.15, -0.1) is 0 Å². The zero-order chi connectivity index (χ0) is 9.97. The molecule has 2 nitrogen and oxygen atoms in total. The molecule has 2 rings (SSSR count). The van der Waals surface area contributed by atoms with Gasteiger partial charge in [0.1, 0.15) is 5.15 Å². The van der Waals surface area contributed by atoms with Crippen LogP contribution < -0.4 is 5.32 Å². The third kappa shape index (κ3) is 2.51. The summed E-state index contributed by atoms with van der Waals surface area (Å²) in [7, 11) is 0. The van der Waals surface area contributed by atoms with Crippen LogP contribution in [-0.2, 0) is 0 Å². The Kier molecular flexibility index (Phi) is 3.49. The second kappa shape index (κ2) is 4.66. The highest BCUT2D eigenvalue weighted by Crippen LogP contribution is 2.26. The molecule has 14 heavy (non-hydrogen) atoms. The number of halogens is 2. The predicted molar refractivity (Wildman–Crippen MR) is 67.8 cm³/mol. The Morgan fingerprint density at radius 3 is 2.86 bits per heavy atom. The van der Waals surface area contributed by atoms with Crippen molar-refractivity contribution in [1.82, 2.24) is 4.98 Å². The Hall–Kier alpha value is -0.0300. The molecule has 1 N–H and O–H groups in total. The first-order chi connectivity index (χ1) is 6.75. The maximum Gasteiger partial charge on any atom is 0.131 e. The lowest BCUT2D eigenvalue weighted by Crippen LogP contribution is -2.15. The molecular weight excluding hydrogens is 310 g/mol. The summed E-state index contributed by atoms with van der Waals surface area (Å²) in [4.78, 5) is 4.03. The van der Waals surface area contributed by atoms with Gasteiger partial charge in [-0.3, -0.25) is 0 Å². The van der Waals surface area contributed by atoms with Crippen LogP contribution in [0.15, 0.2) is 12.3 Å². The van der Waals surface area contributed by atoms with Crippen molar-refractivity contribution in [3.8, 4) is 0 Å². The van der Waals surface area contributed by atoms with Crippen molar-refractivity contribution in [1.29, 1.82) is 0 Å². The molecule has 0 bridgehead atoms. The third-order valence-corrected chi connectivity index (χ3v) is 3.60. The molecule has 0 radical (unpaired) electrons. The first-order valence-corrected chi connectivity index (χ1v) is 6.29. The Morgan fingerprint density at radius 2 is 2.14 bits per heavy atom. The van der Waals surface area contributed by atoms with Gasteiger partial charge >= 0.3 is 0 Å². The number of nitrogens with one attached hydrogen (secondary N) is 1. The van der Waals surface area contributed by atoms with Gasteiger partial charge < -0.3 is 5.32 Å². The molecule has 0 aromatic carbocycles. The number of aromatic nitrogens is 1. The van der Waals surface area contributed by atoms with Crippen LogP contribution >= 0.6 is 34.2 Å². The van der Waals surface area contributed by atoms with Gasteiger partial charge in [0.25, 0.3) is 0 Å². The first-order valence-electron chi connectivity index (χ1n) is 4.83. The van der Waals surface area contributed by atoms with E-state index in [1.807, 2.05) is 6.07 Å². The third-order valence-electron chi connectivity index (χ3n) is 2.54. The van der Waals surface area contributed by atoms with Gasteiger partial charge in [0.15, 0.2) is 0 Å². The van der Waals surface area contributed by atoms with E-state index in [1.165, 1.54) is 25.7 Å². The summed E-state index contributed by atoms with van der Waals surface area (Å²) in [6.45, 7) is 0. The number of hydrogen-bond acceptors (Lipinski definition) is 2. The van der Waals surface area contributed by atoms with E-state index in [-0.39, 0.29) is 0 Å². The average Bonchev–Trinajstić information content (AvgIpc) is 2.64. The molecule has 0 saturated heterocycles. The van der Waals surface area contributed by atoms with E-state index in [0.717, 1.165) is 9.26 Å². The molecule has 76 valence electrons. The summed E-state index contributed by atoms with van der Waals surface area (Å²) in [5, 5.41) is 4.08. The van der Waals surface area contributed by atoms with E-state index in [0.29, 0.717) is 11.2 Å². The van der Waals surface area contributed by atoms with Gasteiger partial charge in [0, 0.05) is 12.2 Å². The van der Waals surface area contributed by atoms with Crippen LogP contribution in [0.25, 0.3) is 0 Å². The van der Waals surface area contributed by atoms with Crippen molar-refractivity contribution in [3.63, 3.8) is 0 Å². The smallest absolute Gasteiger partial charge is 0.131 e. The predicted octanol–water partition coefficient (Wildman–Crippen LogP) is 3.69. The number of rotatable bonds is 2. The van der Waals surface area contributed by atoms with E-state index in [2.05, 4.69) is 32.9 Å². The molecule has 1 saturated carbocycles. The highest BCUT2D eigenvalue weighted by molar-refractivity contribution is 14.1. The van der Waals surface area contributed by atoms with Crippen LogP contribution in [-0.4, -0.2) is 11.0 Å². The second-order valence-corrected chi connectivity index (χ2v) is 5.16. The summed E-state index contributed by atoms with van der Waals surface area (Å²) in [5.41, 5.74) is 1.12. The van der Waals surface area contributed by atoms with Gasteiger partial charge in [0.2, 0.25) is 0 Å². The lowest BCUT2D eigenvalue weighted by molar-refractivity contribution is 0.754. The Balaban J connectivity index is 2.10. The molecule has 0 aliphatic heterocycles. The molecule has 0 amide bonds. The van der Waals surface area contributed by atoms with Crippen LogP contribution in [0.5, 0.6) is 0 Å². The minimum Gasteiger partial charge on any atom is -0.381 e. The van der Waals surface area contributed by atoms with Crippen molar-refractivity contribution in [2.24, 2.45) is 0 Å². The van der Waals surface area contributed by atoms with Crippen LogP contribution in [0.4, 0.5) is 5.69 Å². The molecule has 4 heteroatoms. The standard InChI is InChI=1S/C10H12ClIN2/c11-10-5-9(8(12)6-13-10)14-7-3-1-2-4-7/h5-7H,1-4H2,(H,13,14). The molecular formula is C10H12ClIN2. The highest BCUT2D eigenvalue weighted by atomic mass is 127. The molecule has 1 fully saturated rings. The lowest BCUT2D eigenvalue weighted by Gasteiger charge is -2.14. The fourth-order valence-electron chi connectivity index (χ4n) is 1.81. The Bertz CT molecular complexity index is 324. The summed E-state index contributed by atoms with van der Waals surface area (Å²) in [6.07, 6.45) is 7.03. The second-order valence-electron chi connectivity index (χ2n) is 3.61. The van der Waals surface area contributed by atoms with Crippen molar-refractivity contribution in [2.45, 2.75) is 31.7 Å². The van der Waals surface area contributed by atoms with Crippen LogP contribution in [0, 0.1) is 3.57 Å². The molecule has 0 atom stereocenters. The van der Waals surface area contributed by atoms with E-state index in [1.54, 1.807) is 6.20 Å². The molecule has 1 aliphatic carbocycles. The SMILES string of the molecule is Clc1cc(NC2CCCC2)c(I)cn1. The topological polar surface area (TPSA) is 24.9 Å². The quantitative estimate of drug-likeness (QED) is 0.663. The summed E-state index contributed by atoms with van der Waals surface area (Å²) >= 11 is 8.13. The first kappa shape index (κ1) is 10.5. The molecule has 1 aromatic rings. The van der Waals surface area contributed by atoms with Gasteiger partial charge in [-0.1, -0.05) is 24.4 Å². The van der Waals surface area contributed by atoms with Gasteiger partial charge in [-0.2, -0.15) is 0 Å². The molecule has 1 aromatic heterocycles. The monoisotopic (exact) mass is 322 g/mol. The van der Waals surface area contributed by atoms with Crippen molar-refractivity contribution in [3.05, 3.63) is 21.0 Å². The van der Waals surface area contributed by atoms with Gasteiger partial charge in [0.05, 0.1) is 9.26 Å². The molecule has 1 heterocycles. The average molecular weight is 323 g/mol. The normalized spacial score (nSPS) is 17.3. The van der Waals surface area contributed by atoms with E-state index in [9.17, 15) is 0 Å². The number of nitrogens with zero attached hydrogens (tertiary/aromatic N) is 1. The zero-order valence-corrected chi connectivity index (χ0v) is 10.7. The Morgan fingerprint density at radius 1 is 1.43 bits per heavy atom. The van der Waals surface area contributed by atoms with Crippen LogP contribution in [0.3, 0.4) is 0 Å². The number of hydrogen-bond donors (Lipinski definition) is 1. The minimum absolute atomic E-state index is 0.561. The van der Waals surface area contributed by atoms with Crippen LogP contribution in [0.1, 0.15) is 25.7 Å². The van der Waals surface area contributed by atoms with E-state index < -0.39 is 0 Å². The summed E-state index contributed by atoms with van der Waals surface area (Å²) in [6, 6.07) is 2.53. The molecule has 0 unspecified atom stereocenters. The van der Waals surface area contributed by atoms with Crippen LogP contribution in [0.2, 0.25) is 5.15 Å². The molecule has 1 aliphatic rings. The number of anilines is 1. The fourth-order valence-corrected chi connectivity index (χ4v) is 2.42. The van der Waals surface area contributed by atoms with Crippen molar-refractivity contribution >= 4 is 39.9 Å². The Labute approximate surface area is 103 Å². The van der Waals surface area contributed by atoms with Gasteiger partial charge in [-0.05, 0) is 41.5 Å². The fraction of sp³-hybridized carbons (Fsp3) is 0.500. The van der Waals surface area contributed by atoms with Gasteiger partial charge in [-0.25, -0.2) is 4.98 Å². The molecule has 0 spiro atoms. The summed E-state index contributed by atoms with van der Waals surface area (Å²) < 4.78 is 1.14. The zero-order valence-electron chi connectivity index (χ0n) is 7.76. The highest BCUT2D eigenvalue weighted by Gasteiger charge is 2.15. The van der Waals surface area contributed by atoms with E-state index in [4.69, 9.17) is 11.6 Å². The van der Waals surface area contributed by atoms with Crippen molar-refractivity contribution in [2.75, 3.05) is 5.32 Å². The van der Waals surface area contributed by atoms with E-state index >= 15 is 0 Å². The van der Waals surface area contributed by atoms with Crippen molar-refractivity contribution < 1.29 is 0 Å². The summed E-state index contributed by atoms with van der Waals surface area (Å²) in [5.74, 6) is 0. The largest absolute Gasteiger partial charge is 0.381 e.